The molecule has 160 valence electrons. The number of amides is 1. The average molecular weight is 419 g/mol. The molecule has 0 saturated heterocycles. The van der Waals surface area contributed by atoms with Crippen molar-refractivity contribution in [2.75, 3.05) is 7.11 Å². The van der Waals surface area contributed by atoms with Gasteiger partial charge in [-0.25, -0.2) is 4.98 Å². The monoisotopic (exact) mass is 418 g/mol. The molecule has 0 radical (unpaired) electrons. The van der Waals surface area contributed by atoms with Gasteiger partial charge in [-0.3, -0.25) is 14.2 Å². The van der Waals surface area contributed by atoms with Crippen LogP contribution in [0.5, 0.6) is 5.75 Å². The van der Waals surface area contributed by atoms with Crippen molar-refractivity contribution in [1.29, 1.82) is 0 Å². The molecule has 0 fully saturated rings. The highest BCUT2D eigenvalue weighted by Gasteiger charge is 2.19. The van der Waals surface area contributed by atoms with Gasteiger partial charge < -0.3 is 10.1 Å². The van der Waals surface area contributed by atoms with Gasteiger partial charge in [-0.05, 0) is 57.2 Å². The van der Waals surface area contributed by atoms with Gasteiger partial charge in [-0.2, -0.15) is 10.2 Å². The number of nitrogens with zero attached hydrogens (tertiary/aromatic N) is 5. The lowest BCUT2D eigenvalue weighted by Gasteiger charge is -2.16. The van der Waals surface area contributed by atoms with Crippen LogP contribution in [-0.4, -0.2) is 43.6 Å². The van der Waals surface area contributed by atoms with E-state index >= 15 is 0 Å². The van der Waals surface area contributed by atoms with Crippen LogP contribution >= 0.6 is 0 Å². The Kier molecular flexibility index (Phi) is 5.46. The van der Waals surface area contributed by atoms with Gasteiger partial charge in [-0.15, -0.1) is 0 Å². The first kappa shape index (κ1) is 20.6. The van der Waals surface area contributed by atoms with Gasteiger partial charge in [0.1, 0.15) is 5.75 Å². The number of aryl methyl sites for hydroxylation is 3. The van der Waals surface area contributed by atoms with Crippen LogP contribution in [0.2, 0.25) is 0 Å². The lowest BCUT2D eigenvalue weighted by molar-refractivity contribution is 0.0937. The van der Waals surface area contributed by atoms with Crippen LogP contribution in [0.25, 0.3) is 22.3 Å². The molecule has 0 spiro atoms. The Hall–Kier alpha value is -3.68. The average Bonchev–Trinajstić information content (AvgIpc) is 3.28. The van der Waals surface area contributed by atoms with Crippen LogP contribution in [0.3, 0.4) is 0 Å². The highest BCUT2D eigenvalue weighted by Crippen LogP contribution is 2.26. The summed E-state index contributed by atoms with van der Waals surface area (Å²) in [4.78, 5) is 17.9. The maximum Gasteiger partial charge on any atom is 0.252 e. The number of carbonyl (C=O) groups excluding carboxylic acids is 1. The molecule has 3 aromatic heterocycles. The number of aromatic nitrogens is 5. The van der Waals surface area contributed by atoms with E-state index in [-0.39, 0.29) is 11.9 Å². The second kappa shape index (κ2) is 8.22. The van der Waals surface area contributed by atoms with E-state index in [4.69, 9.17) is 9.72 Å². The number of methoxy groups -OCH3 is 1. The Bertz CT molecular complexity index is 1240. The molecular formula is C23H26N6O2. The molecule has 0 saturated carbocycles. The zero-order valence-electron chi connectivity index (χ0n) is 18.4. The molecule has 1 unspecified atom stereocenters. The van der Waals surface area contributed by atoms with Crippen LogP contribution in [0.15, 0.2) is 42.6 Å². The summed E-state index contributed by atoms with van der Waals surface area (Å²) in [5.74, 6) is 0.602. The maximum absolute atomic E-state index is 13.2. The lowest BCUT2D eigenvalue weighted by atomic mass is 10.1. The maximum atomic E-state index is 13.2. The number of rotatable bonds is 6. The zero-order valence-corrected chi connectivity index (χ0v) is 18.4. The quantitative estimate of drug-likeness (QED) is 0.519. The van der Waals surface area contributed by atoms with Gasteiger partial charge >= 0.3 is 0 Å². The van der Waals surface area contributed by atoms with E-state index in [1.807, 2.05) is 68.9 Å². The minimum atomic E-state index is -0.163. The molecule has 1 amide bonds. The van der Waals surface area contributed by atoms with Crippen molar-refractivity contribution in [2.45, 2.75) is 33.4 Å². The van der Waals surface area contributed by atoms with Gasteiger partial charge in [0.2, 0.25) is 0 Å². The van der Waals surface area contributed by atoms with Gasteiger partial charge in [0, 0.05) is 24.3 Å². The second-order valence-electron chi connectivity index (χ2n) is 7.77. The van der Waals surface area contributed by atoms with E-state index in [1.54, 1.807) is 18.0 Å². The van der Waals surface area contributed by atoms with Crippen LogP contribution in [0.1, 0.15) is 28.7 Å². The Morgan fingerprint density at radius 2 is 1.94 bits per heavy atom. The van der Waals surface area contributed by atoms with Crippen molar-refractivity contribution in [1.82, 2.24) is 29.9 Å². The van der Waals surface area contributed by atoms with E-state index in [0.717, 1.165) is 28.1 Å². The van der Waals surface area contributed by atoms with Crippen molar-refractivity contribution in [3.63, 3.8) is 0 Å². The smallest absolute Gasteiger partial charge is 0.252 e. The normalized spacial score (nSPS) is 12.2. The van der Waals surface area contributed by atoms with Crippen LogP contribution in [0, 0.1) is 13.8 Å². The number of ether oxygens (including phenoxy) is 1. The number of pyridine rings is 1. The van der Waals surface area contributed by atoms with Crippen molar-refractivity contribution < 1.29 is 9.53 Å². The summed E-state index contributed by atoms with van der Waals surface area (Å²) in [5.41, 5.74) is 4.84. The Morgan fingerprint density at radius 3 is 2.58 bits per heavy atom. The fourth-order valence-corrected chi connectivity index (χ4v) is 3.68. The standard InChI is InChI=1S/C23H26N6O2/c1-14-10-16(3)29(27-14)13-15(2)25-23(30)19-11-21(17-6-8-18(31-5)9-7-17)26-22-20(19)12-24-28(22)4/h6-12,15H,13H2,1-5H3,(H,25,30). The third-order valence-electron chi connectivity index (χ3n) is 5.26. The minimum Gasteiger partial charge on any atom is -0.497 e. The third kappa shape index (κ3) is 4.14. The molecular weight excluding hydrogens is 392 g/mol. The number of nitrogens with one attached hydrogen (secondary N) is 1. The molecule has 0 bridgehead atoms. The summed E-state index contributed by atoms with van der Waals surface area (Å²) >= 11 is 0. The topological polar surface area (TPSA) is 86.9 Å². The van der Waals surface area contributed by atoms with E-state index in [2.05, 4.69) is 15.5 Å². The van der Waals surface area contributed by atoms with Crippen LogP contribution in [0.4, 0.5) is 0 Å². The van der Waals surface area contributed by atoms with Crippen molar-refractivity contribution >= 4 is 16.9 Å². The predicted octanol–water partition coefficient (Wildman–Crippen LogP) is 3.28. The third-order valence-corrected chi connectivity index (χ3v) is 5.26. The van der Waals surface area contributed by atoms with E-state index in [9.17, 15) is 4.79 Å². The summed E-state index contributed by atoms with van der Waals surface area (Å²) in [6.45, 7) is 6.54. The Labute approximate surface area is 180 Å². The second-order valence-corrected chi connectivity index (χ2v) is 7.77. The molecule has 3 heterocycles. The number of hydrogen-bond acceptors (Lipinski definition) is 5. The molecule has 1 atom stereocenters. The lowest BCUT2D eigenvalue weighted by Crippen LogP contribution is -2.36. The Balaban J connectivity index is 1.65. The number of fused-ring (bicyclic) bond motifs is 1. The molecule has 8 nitrogen and oxygen atoms in total. The predicted molar refractivity (Wildman–Crippen MR) is 119 cm³/mol. The molecule has 0 aliphatic heterocycles. The molecule has 0 aliphatic carbocycles. The summed E-state index contributed by atoms with van der Waals surface area (Å²) in [5, 5.41) is 12.6. The molecule has 8 heteroatoms. The molecule has 0 aliphatic rings. The highest BCUT2D eigenvalue weighted by molar-refractivity contribution is 6.06. The first-order valence-corrected chi connectivity index (χ1v) is 10.1. The number of hydrogen-bond donors (Lipinski definition) is 1. The SMILES string of the molecule is COc1ccc(-c2cc(C(=O)NC(C)Cn3nc(C)cc3C)c3cnn(C)c3n2)cc1. The highest BCUT2D eigenvalue weighted by atomic mass is 16.5. The first-order chi connectivity index (χ1) is 14.9. The van der Waals surface area contributed by atoms with E-state index in [0.29, 0.717) is 23.4 Å². The summed E-state index contributed by atoms with van der Waals surface area (Å²) in [6.07, 6.45) is 1.68. The van der Waals surface area contributed by atoms with Crippen LogP contribution < -0.4 is 10.1 Å². The van der Waals surface area contributed by atoms with E-state index in [1.165, 1.54) is 0 Å². The van der Waals surface area contributed by atoms with Gasteiger partial charge in [-0.1, -0.05) is 0 Å². The number of benzene rings is 1. The number of carbonyl (C=O) groups is 1. The molecule has 1 aromatic carbocycles. The molecule has 4 rings (SSSR count). The molecule has 1 N–H and O–H groups in total. The Morgan fingerprint density at radius 1 is 1.19 bits per heavy atom. The summed E-state index contributed by atoms with van der Waals surface area (Å²) < 4.78 is 8.83. The van der Waals surface area contributed by atoms with Gasteiger partial charge in [0.25, 0.3) is 5.91 Å². The van der Waals surface area contributed by atoms with Gasteiger partial charge in [0.15, 0.2) is 5.65 Å². The van der Waals surface area contributed by atoms with Crippen molar-refractivity contribution in [3.05, 3.63) is 59.5 Å². The van der Waals surface area contributed by atoms with Gasteiger partial charge in [0.05, 0.1) is 42.2 Å². The summed E-state index contributed by atoms with van der Waals surface area (Å²) in [6, 6.07) is 11.3. The fourth-order valence-electron chi connectivity index (χ4n) is 3.68. The fraction of sp³-hybridized carbons (Fsp3) is 0.304. The van der Waals surface area contributed by atoms with E-state index < -0.39 is 0 Å². The first-order valence-electron chi connectivity index (χ1n) is 10.1. The molecule has 31 heavy (non-hydrogen) atoms. The summed E-state index contributed by atoms with van der Waals surface area (Å²) in [7, 11) is 3.45. The largest absolute Gasteiger partial charge is 0.497 e. The van der Waals surface area contributed by atoms with Crippen molar-refractivity contribution in [2.24, 2.45) is 7.05 Å². The molecule has 4 aromatic rings. The minimum absolute atomic E-state index is 0.102. The van der Waals surface area contributed by atoms with Crippen LogP contribution in [-0.2, 0) is 13.6 Å². The van der Waals surface area contributed by atoms with Crippen molar-refractivity contribution in [3.8, 4) is 17.0 Å². The zero-order chi connectivity index (χ0) is 22.1.